The quantitative estimate of drug-likeness (QED) is 0.468. The van der Waals surface area contributed by atoms with Gasteiger partial charge in [-0.05, 0) is 42.8 Å². The zero-order valence-electron chi connectivity index (χ0n) is 17.0. The minimum Gasteiger partial charge on any atom is -0.459 e. The number of hydrogen-bond donors (Lipinski definition) is 2. The van der Waals surface area contributed by atoms with Crippen LogP contribution < -0.4 is 10.6 Å². The fraction of sp³-hybridized carbons (Fsp3) is 0.174. The fourth-order valence-electron chi connectivity index (χ4n) is 2.82. The van der Waals surface area contributed by atoms with Gasteiger partial charge in [0.2, 0.25) is 0 Å². The lowest BCUT2D eigenvalue weighted by molar-refractivity contribution is -0.155. The van der Waals surface area contributed by atoms with Crippen molar-refractivity contribution in [2.45, 2.75) is 25.5 Å². The van der Waals surface area contributed by atoms with Gasteiger partial charge in [-0.3, -0.25) is 9.59 Å². The zero-order chi connectivity index (χ0) is 23.1. The normalized spacial score (nSPS) is 12.5. The van der Waals surface area contributed by atoms with Crippen molar-refractivity contribution in [2.75, 3.05) is 5.32 Å². The van der Waals surface area contributed by atoms with Gasteiger partial charge in [0.1, 0.15) is 6.04 Å². The minimum absolute atomic E-state index is 0.0547. The molecule has 2 amide bonds. The summed E-state index contributed by atoms with van der Waals surface area (Å²) in [5.74, 6) is -1.87. The van der Waals surface area contributed by atoms with Crippen LogP contribution in [0.2, 0.25) is 10.0 Å². The molecule has 0 bridgehead atoms. The first-order chi connectivity index (χ1) is 15.3. The number of rotatable bonds is 8. The van der Waals surface area contributed by atoms with E-state index in [9.17, 15) is 14.4 Å². The topological polar surface area (TPSA) is 97.6 Å². The first-order valence-electron chi connectivity index (χ1n) is 9.68. The summed E-state index contributed by atoms with van der Waals surface area (Å²) in [5.41, 5.74) is 1.13. The smallest absolute Gasteiger partial charge is 0.329 e. The largest absolute Gasteiger partial charge is 0.459 e. The lowest BCUT2D eigenvalue weighted by Crippen LogP contribution is -2.45. The van der Waals surface area contributed by atoms with Crippen LogP contribution in [0.4, 0.5) is 5.69 Å². The van der Waals surface area contributed by atoms with Crippen LogP contribution in [0, 0.1) is 0 Å². The third kappa shape index (κ3) is 6.35. The Morgan fingerprint density at radius 3 is 2.44 bits per heavy atom. The van der Waals surface area contributed by atoms with Gasteiger partial charge in [0, 0.05) is 11.4 Å². The van der Waals surface area contributed by atoms with Crippen molar-refractivity contribution in [3.63, 3.8) is 0 Å². The van der Waals surface area contributed by atoms with Crippen molar-refractivity contribution in [1.82, 2.24) is 5.32 Å². The molecule has 2 aromatic carbocycles. The van der Waals surface area contributed by atoms with Crippen LogP contribution in [0.5, 0.6) is 0 Å². The number of carbonyl (C=O) groups is 3. The van der Waals surface area contributed by atoms with Crippen LogP contribution in [0.1, 0.15) is 23.0 Å². The summed E-state index contributed by atoms with van der Waals surface area (Å²) in [6.45, 7) is 1.42. The Morgan fingerprint density at radius 1 is 1.03 bits per heavy atom. The molecule has 166 valence electrons. The van der Waals surface area contributed by atoms with Crippen LogP contribution in [0.15, 0.2) is 71.3 Å². The van der Waals surface area contributed by atoms with E-state index in [1.165, 1.54) is 25.3 Å². The van der Waals surface area contributed by atoms with Crippen LogP contribution >= 0.6 is 23.2 Å². The Labute approximate surface area is 194 Å². The standard InChI is InChI=1S/C23H20Cl2N2O5/c1-14(21(28)26-18-10-9-16(24)13-17(18)25)32-23(30)19(12-15-6-3-2-4-7-15)27-22(29)20-8-5-11-31-20/h2-11,13-14,19H,12H2,1H3,(H,26,28)(H,27,29)/t14?,19-/m0/s1. The molecular weight excluding hydrogens is 455 g/mol. The molecule has 32 heavy (non-hydrogen) atoms. The molecule has 0 saturated heterocycles. The van der Waals surface area contributed by atoms with Gasteiger partial charge in [0.05, 0.1) is 17.0 Å². The number of carbonyl (C=O) groups excluding carboxylic acids is 3. The van der Waals surface area contributed by atoms with Crippen LogP contribution in [0.25, 0.3) is 0 Å². The second kappa shape index (κ2) is 10.8. The molecule has 0 aliphatic carbocycles. The van der Waals surface area contributed by atoms with E-state index in [1.807, 2.05) is 30.3 Å². The fourth-order valence-corrected chi connectivity index (χ4v) is 3.27. The number of benzene rings is 2. The van der Waals surface area contributed by atoms with Crippen LogP contribution in [0.3, 0.4) is 0 Å². The summed E-state index contributed by atoms with van der Waals surface area (Å²) < 4.78 is 10.4. The zero-order valence-corrected chi connectivity index (χ0v) is 18.5. The maximum absolute atomic E-state index is 12.8. The molecule has 9 heteroatoms. The van der Waals surface area contributed by atoms with Gasteiger partial charge in [-0.2, -0.15) is 0 Å². The summed E-state index contributed by atoms with van der Waals surface area (Å²) in [7, 11) is 0. The number of hydrogen-bond acceptors (Lipinski definition) is 5. The number of amides is 2. The van der Waals surface area contributed by atoms with Crippen molar-refractivity contribution < 1.29 is 23.5 Å². The van der Waals surface area contributed by atoms with Crippen molar-refractivity contribution >= 4 is 46.7 Å². The maximum atomic E-state index is 12.8. The molecule has 0 saturated carbocycles. The predicted octanol–water partition coefficient (Wildman–Crippen LogP) is 4.50. The molecule has 0 aliphatic rings. The van der Waals surface area contributed by atoms with E-state index in [1.54, 1.807) is 18.2 Å². The van der Waals surface area contributed by atoms with Crippen molar-refractivity contribution in [3.8, 4) is 0 Å². The van der Waals surface area contributed by atoms with E-state index in [4.69, 9.17) is 32.4 Å². The third-order valence-corrected chi connectivity index (χ3v) is 5.02. The first-order valence-corrected chi connectivity index (χ1v) is 10.4. The molecular formula is C23H20Cl2N2O5. The molecule has 0 fully saturated rings. The summed E-state index contributed by atoms with van der Waals surface area (Å²) in [6.07, 6.45) is 0.380. The highest BCUT2D eigenvalue weighted by molar-refractivity contribution is 6.36. The number of furan rings is 1. The Bertz CT molecular complexity index is 1090. The van der Waals surface area contributed by atoms with Gasteiger partial charge in [-0.25, -0.2) is 4.79 Å². The Balaban J connectivity index is 1.68. The number of ether oxygens (including phenoxy) is 1. The Morgan fingerprint density at radius 2 is 1.78 bits per heavy atom. The SMILES string of the molecule is CC(OC(=O)[C@H](Cc1ccccc1)NC(=O)c1ccco1)C(=O)Nc1ccc(Cl)cc1Cl. The molecule has 1 heterocycles. The van der Waals surface area contributed by atoms with Gasteiger partial charge < -0.3 is 19.8 Å². The molecule has 0 radical (unpaired) electrons. The second-order valence-electron chi connectivity index (χ2n) is 6.89. The number of nitrogens with one attached hydrogen (secondary N) is 2. The van der Waals surface area contributed by atoms with Crippen LogP contribution in [-0.4, -0.2) is 29.9 Å². The molecule has 7 nitrogen and oxygen atoms in total. The third-order valence-electron chi connectivity index (χ3n) is 4.47. The molecule has 1 aromatic heterocycles. The predicted molar refractivity (Wildman–Crippen MR) is 121 cm³/mol. The Hall–Kier alpha value is -3.29. The van der Waals surface area contributed by atoms with E-state index in [2.05, 4.69) is 10.6 Å². The highest BCUT2D eigenvalue weighted by atomic mass is 35.5. The van der Waals surface area contributed by atoms with E-state index in [-0.39, 0.29) is 17.2 Å². The summed E-state index contributed by atoms with van der Waals surface area (Å²) in [6, 6.07) is 15.7. The number of esters is 1. The van der Waals surface area contributed by atoms with Gasteiger partial charge in [-0.15, -0.1) is 0 Å². The van der Waals surface area contributed by atoms with Gasteiger partial charge in [0.15, 0.2) is 11.9 Å². The maximum Gasteiger partial charge on any atom is 0.329 e. The molecule has 3 aromatic rings. The van der Waals surface area contributed by atoms with E-state index in [0.29, 0.717) is 10.7 Å². The number of anilines is 1. The highest BCUT2D eigenvalue weighted by Gasteiger charge is 2.28. The van der Waals surface area contributed by atoms with Crippen molar-refractivity contribution in [1.29, 1.82) is 0 Å². The van der Waals surface area contributed by atoms with Crippen LogP contribution in [-0.2, 0) is 20.7 Å². The highest BCUT2D eigenvalue weighted by Crippen LogP contribution is 2.25. The summed E-state index contributed by atoms with van der Waals surface area (Å²) >= 11 is 11.9. The summed E-state index contributed by atoms with van der Waals surface area (Å²) in [4.78, 5) is 37.8. The Kier molecular flexibility index (Phi) is 7.92. The lowest BCUT2D eigenvalue weighted by atomic mass is 10.1. The molecule has 2 atom stereocenters. The lowest BCUT2D eigenvalue weighted by Gasteiger charge is -2.20. The average molecular weight is 475 g/mol. The van der Waals surface area contributed by atoms with Gasteiger partial charge in [0.25, 0.3) is 11.8 Å². The van der Waals surface area contributed by atoms with Crippen molar-refractivity contribution in [3.05, 3.63) is 88.3 Å². The molecule has 2 N–H and O–H groups in total. The van der Waals surface area contributed by atoms with E-state index < -0.39 is 29.9 Å². The van der Waals surface area contributed by atoms with E-state index >= 15 is 0 Å². The molecule has 0 aliphatic heterocycles. The van der Waals surface area contributed by atoms with Crippen molar-refractivity contribution in [2.24, 2.45) is 0 Å². The average Bonchev–Trinajstić information content (AvgIpc) is 3.31. The molecule has 1 unspecified atom stereocenters. The molecule has 3 rings (SSSR count). The summed E-state index contributed by atoms with van der Waals surface area (Å²) in [5, 5.41) is 5.85. The first kappa shape index (κ1) is 23.4. The molecule has 0 spiro atoms. The number of halogens is 2. The van der Waals surface area contributed by atoms with Gasteiger partial charge in [-0.1, -0.05) is 53.5 Å². The second-order valence-corrected chi connectivity index (χ2v) is 7.73. The monoisotopic (exact) mass is 474 g/mol. The van der Waals surface area contributed by atoms with Gasteiger partial charge >= 0.3 is 5.97 Å². The minimum atomic E-state index is -1.15. The van der Waals surface area contributed by atoms with E-state index in [0.717, 1.165) is 5.56 Å².